The first kappa shape index (κ1) is 32.2. The topological polar surface area (TPSA) is 215 Å². The molecule has 2 saturated heterocycles. The lowest BCUT2D eigenvalue weighted by molar-refractivity contribution is -0.140. The van der Waals surface area contributed by atoms with E-state index in [0.717, 1.165) is 37.8 Å². The van der Waals surface area contributed by atoms with Crippen LogP contribution in [0.4, 0.5) is 0 Å². The fourth-order valence-electron chi connectivity index (χ4n) is 3.48. The van der Waals surface area contributed by atoms with Gasteiger partial charge in [0.05, 0.1) is 0 Å². The van der Waals surface area contributed by atoms with Crippen molar-refractivity contribution in [1.29, 1.82) is 0 Å². The van der Waals surface area contributed by atoms with Crippen molar-refractivity contribution in [2.75, 3.05) is 39.3 Å². The number of piperazine rings is 2. The highest BCUT2D eigenvalue weighted by Crippen LogP contribution is 2.10. The van der Waals surface area contributed by atoms with E-state index >= 15 is 0 Å². The molecule has 2 rings (SSSR count). The van der Waals surface area contributed by atoms with E-state index in [1.807, 2.05) is 0 Å². The van der Waals surface area contributed by atoms with Crippen LogP contribution in [0.5, 0.6) is 0 Å². The van der Waals surface area contributed by atoms with Crippen molar-refractivity contribution in [3.63, 3.8) is 0 Å². The number of unbranched alkanes of at least 4 members (excludes halogenated alkanes) is 2. The molecule has 2 heterocycles. The van der Waals surface area contributed by atoms with E-state index in [1.165, 1.54) is 12.2 Å². The summed E-state index contributed by atoms with van der Waals surface area (Å²) < 4.78 is 0. The summed E-state index contributed by atoms with van der Waals surface area (Å²) in [5.74, 6) is -3.33. The first-order chi connectivity index (χ1) is 18.2. The average molecular weight is 539 g/mol. The maximum atomic E-state index is 12.2. The Bertz CT molecular complexity index is 806. The minimum Gasteiger partial charge on any atom is -0.478 e. The molecule has 0 spiro atoms. The van der Waals surface area contributed by atoms with Crippen LogP contribution in [0.1, 0.15) is 38.5 Å². The zero-order valence-electron chi connectivity index (χ0n) is 21.3. The van der Waals surface area contributed by atoms with Crippen LogP contribution in [-0.4, -0.2) is 97.1 Å². The largest absolute Gasteiger partial charge is 0.478 e. The van der Waals surface area contributed by atoms with Gasteiger partial charge < -0.3 is 42.1 Å². The Morgan fingerprint density at radius 1 is 0.711 bits per heavy atom. The number of carboxylic acid groups (broad SMARTS) is 2. The number of rotatable bonds is 16. The van der Waals surface area contributed by atoms with Crippen molar-refractivity contribution in [3.8, 4) is 0 Å². The van der Waals surface area contributed by atoms with Crippen LogP contribution in [0.2, 0.25) is 0 Å². The summed E-state index contributed by atoms with van der Waals surface area (Å²) in [5, 5.41) is 33.4. The van der Waals surface area contributed by atoms with Gasteiger partial charge in [0.2, 0.25) is 11.8 Å². The van der Waals surface area contributed by atoms with Gasteiger partial charge >= 0.3 is 23.8 Å². The highest BCUT2D eigenvalue weighted by molar-refractivity contribution is 6.35. The molecule has 2 unspecified atom stereocenters. The molecule has 0 bridgehead atoms. The predicted octanol–water partition coefficient (Wildman–Crippen LogP) is -2.00. The summed E-state index contributed by atoms with van der Waals surface area (Å²) >= 11 is 0. The second kappa shape index (κ2) is 19.3. The minimum atomic E-state index is -0.976. The van der Waals surface area contributed by atoms with Crippen LogP contribution in [-0.2, 0) is 28.8 Å². The van der Waals surface area contributed by atoms with Crippen LogP contribution in [0.25, 0.3) is 0 Å². The van der Waals surface area contributed by atoms with Gasteiger partial charge in [0.1, 0.15) is 12.1 Å². The predicted molar refractivity (Wildman–Crippen MR) is 137 cm³/mol. The molecule has 2 aliphatic heterocycles. The number of amides is 4. The van der Waals surface area contributed by atoms with Crippen molar-refractivity contribution < 1.29 is 39.0 Å². The number of hydrogen-bond donors (Lipinski definition) is 8. The molecule has 0 aromatic heterocycles. The molecular formula is C24H38N6O8. The zero-order valence-corrected chi connectivity index (χ0v) is 21.3. The van der Waals surface area contributed by atoms with E-state index in [2.05, 4.69) is 31.9 Å². The zero-order chi connectivity index (χ0) is 28.2. The van der Waals surface area contributed by atoms with Gasteiger partial charge in [-0.2, -0.15) is 0 Å². The Kier molecular flexibility index (Phi) is 16.4. The van der Waals surface area contributed by atoms with E-state index in [9.17, 15) is 28.8 Å². The molecule has 14 nitrogen and oxygen atoms in total. The number of carboxylic acids is 2. The Morgan fingerprint density at radius 3 is 1.45 bits per heavy atom. The number of hydrogen-bond acceptors (Lipinski definition) is 8. The fourth-order valence-corrected chi connectivity index (χ4v) is 3.48. The Labute approximate surface area is 221 Å². The molecule has 14 heteroatoms. The van der Waals surface area contributed by atoms with Crippen molar-refractivity contribution in [2.45, 2.75) is 50.6 Å². The molecule has 8 N–H and O–H groups in total. The number of nitrogens with one attached hydrogen (secondary N) is 6. The van der Waals surface area contributed by atoms with E-state index in [-0.39, 0.29) is 11.8 Å². The average Bonchev–Trinajstić information content (AvgIpc) is 2.86. The van der Waals surface area contributed by atoms with E-state index < -0.39 is 35.8 Å². The van der Waals surface area contributed by atoms with Gasteiger partial charge in [-0.05, 0) is 51.6 Å². The molecule has 38 heavy (non-hydrogen) atoms. The normalized spacial score (nSPS) is 19.3. The first-order valence-corrected chi connectivity index (χ1v) is 12.6. The summed E-state index contributed by atoms with van der Waals surface area (Å²) in [7, 11) is 0. The van der Waals surface area contributed by atoms with Crippen LogP contribution in [0.3, 0.4) is 0 Å². The Morgan fingerprint density at radius 2 is 1.11 bits per heavy atom. The molecule has 4 amide bonds. The monoisotopic (exact) mass is 538 g/mol. The molecule has 0 aliphatic carbocycles. The first-order valence-electron chi connectivity index (χ1n) is 12.6. The van der Waals surface area contributed by atoms with Crippen LogP contribution in [0.15, 0.2) is 24.3 Å². The minimum absolute atomic E-state index is 0.158. The van der Waals surface area contributed by atoms with Gasteiger partial charge in [-0.25, -0.2) is 9.59 Å². The molecule has 212 valence electrons. The third-order valence-electron chi connectivity index (χ3n) is 5.41. The van der Waals surface area contributed by atoms with E-state index in [1.54, 1.807) is 0 Å². The molecule has 0 aromatic carbocycles. The molecule has 2 fully saturated rings. The SMILES string of the molecule is O=C(O)C=CCNCCCCC1NC(=O)C(CCCCNC/C=C/C(=O)O)NC1=O.O=C1NCCNC1=O. The van der Waals surface area contributed by atoms with Gasteiger partial charge in [0.15, 0.2) is 0 Å². The molecule has 2 atom stereocenters. The van der Waals surface area contributed by atoms with Crippen molar-refractivity contribution in [1.82, 2.24) is 31.9 Å². The Hall–Kier alpha value is -3.78. The summed E-state index contributed by atoms with van der Waals surface area (Å²) in [4.78, 5) is 65.6. The lowest BCUT2D eigenvalue weighted by Crippen LogP contribution is -2.61. The smallest absolute Gasteiger partial charge is 0.328 e. The molecule has 0 saturated carbocycles. The highest BCUT2D eigenvalue weighted by atomic mass is 16.4. The highest BCUT2D eigenvalue weighted by Gasteiger charge is 2.32. The number of aliphatic carboxylic acids is 2. The van der Waals surface area contributed by atoms with Gasteiger partial charge in [-0.3, -0.25) is 19.2 Å². The lowest BCUT2D eigenvalue weighted by atomic mass is 10.0. The molecule has 0 aromatic rings. The lowest BCUT2D eigenvalue weighted by Gasteiger charge is -2.29. The number of carbonyl (C=O) groups is 6. The summed E-state index contributed by atoms with van der Waals surface area (Å²) in [6.07, 6.45) is 9.52. The third-order valence-corrected chi connectivity index (χ3v) is 5.41. The third kappa shape index (κ3) is 15.4. The van der Waals surface area contributed by atoms with Gasteiger partial charge in [0, 0.05) is 38.3 Å². The quantitative estimate of drug-likeness (QED) is 0.0614. The van der Waals surface area contributed by atoms with Crippen molar-refractivity contribution >= 4 is 35.6 Å². The van der Waals surface area contributed by atoms with Gasteiger partial charge in [-0.1, -0.05) is 12.2 Å². The van der Waals surface area contributed by atoms with E-state index in [4.69, 9.17) is 10.2 Å². The molecular weight excluding hydrogens is 500 g/mol. The maximum absolute atomic E-state index is 12.2. The van der Waals surface area contributed by atoms with E-state index in [0.29, 0.717) is 52.1 Å². The summed E-state index contributed by atoms with van der Waals surface area (Å²) in [6.45, 7) is 3.45. The molecule has 2 aliphatic rings. The maximum Gasteiger partial charge on any atom is 0.328 e. The summed E-state index contributed by atoms with van der Waals surface area (Å²) in [6, 6.07) is -1.02. The Balaban J connectivity index is 0.000000763. The fraction of sp³-hybridized carbons (Fsp3) is 0.583. The van der Waals surface area contributed by atoms with Crippen molar-refractivity contribution in [3.05, 3.63) is 24.3 Å². The molecule has 0 radical (unpaired) electrons. The summed E-state index contributed by atoms with van der Waals surface area (Å²) in [5.41, 5.74) is 0. The second-order valence-corrected chi connectivity index (χ2v) is 8.52. The van der Waals surface area contributed by atoms with Gasteiger partial charge in [0.25, 0.3) is 0 Å². The number of carbonyl (C=O) groups excluding carboxylic acids is 4. The van der Waals surface area contributed by atoms with Crippen LogP contribution in [0, 0.1) is 0 Å². The van der Waals surface area contributed by atoms with Gasteiger partial charge in [-0.15, -0.1) is 0 Å². The van der Waals surface area contributed by atoms with Crippen LogP contribution >= 0.6 is 0 Å². The van der Waals surface area contributed by atoms with Crippen molar-refractivity contribution in [2.24, 2.45) is 0 Å². The standard InChI is InChI=1S/C20H32N4O6.C4H6N2O2/c25-17(26)9-5-13-21-11-3-1-7-15-19(29)24-16(20(30)23-15)8-2-4-12-22-14-6-10-18(27)28;7-3-4(8)6-2-1-5-3/h5-6,9-10,15-16,21-22H,1-4,7-8,11-14H2,(H,23,30)(H,24,29)(H,25,26)(H,27,28);1-2H2,(H,5,7)(H,6,8)/b9-5+,10-6?;. The second-order valence-electron chi connectivity index (χ2n) is 8.52. The van der Waals surface area contributed by atoms with Crippen LogP contribution < -0.4 is 31.9 Å².